The van der Waals surface area contributed by atoms with Crippen molar-refractivity contribution < 1.29 is 9.59 Å². The lowest BCUT2D eigenvalue weighted by molar-refractivity contribution is -0.127. The fourth-order valence-electron chi connectivity index (χ4n) is 2.04. The third-order valence-corrected chi connectivity index (χ3v) is 4.54. The molecule has 2 aromatic rings. The maximum Gasteiger partial charge on any atom is 0.248 e. The Morgan fingerprint density at radius 1 is 1.22 bits per heavy atom. The van der Waals surface area contributed by atoms with Gasteiger partial charge in [0.05, 0.1) is 0 Å². The van der Waals surface area contributed by atoms with E-state index in [4.69, 9.17) is 0 Å². The number of hydrogen-bond donors (Lipinski definition) is 2. The number of aryl methyl sites for hydroxylation is 1. The number of amides is 2. The average Bonchev–Trinajstić information content (AvgIpc) is 3.28. The summed E-state index contributed by atoms with van der Waals surface area (Å²) in [6.07, 6.45) is 1.83. The second kappa shape index (κ2) is 6.45. The van der Waals surface area contributed by atoms with Crippen LogP contribution in [0, 0.1) is 12.8 Å². The first-order chi connectivity index (χ1) is 11.0. The number of aromatic nitrogens is 2. The molecule has 0 radical (unpaired) electrons. The van der Waals surface area contributed by atoms with E-state index in [1.807, 2.05) is 31.2 Å². The van der Waals surface area contributed by atoms with Crippen LogP contribution in [-0.4, -0.2) is 28.1 Å². The fourth-order valence-corrected chi connectivity index (χ4v) is 2.79. The van der Waals surface area contributed by atoms with Crippen LogP contribution in [-0.2, 0) is 9.59 Å². The Labute approximate surface area is 138 Å². The molecule has 23 heavy (non-hydrogen) atoms. The molecule has 0 spiro atoms. The Bertz CT molecular complexity index is 722. The molecule has 3 rings (SSSR count). The zero-order chi connectivity index (χ0) is 16.4. The van der Waals surface area contributed by atoms with E-state index >= 15 is 0 Å². The molecule has 1 aliphatic carbocycles. The number of hydrogen-bond acceptors (Lipinski definition) is 5. The molecule has 2 amide bonds. The van der Waals surface area contributed by atoms with E-state index in [9.17, 15) is 9.59 Å². The van der Waals surface area contributed by atoms with Crippen LogP contribution in [0.5, 0.6) is 0 Å². The van der Waals surface area contributed by atoms with Crippen LogP contribution in [0.15, 0.2) is 24.3 Å². The van der Waals surface area contributed by atoms with Crippen LogP contribution in [0.4, 0.5) is 5.13 Å². The molecule has 1 aliphatic rings. The lowest BCUT2D eigenvalue weighted by atomic mass is 10.2. The summed E-state index contributed by atoms with van der Waals surface area (Å²) in [5.41, 5.74) is 2.13. The first-order valence-electron chi connectivity index (χ1n) is 7.54. The van der Waals surface area contributed by atoms with Gasteiger partial charge in [0, 0.05) is 11.5 Å². The molecule has 1 fully saturated rings. The largest absolute Gasteiger partial charge is 0.344 e. The van der Waals surface area contributed by atoms with Gasteiger partial charge >= 0.3 is 0 Å². The summed E-state index contributed by atoms with van der Waals surface area (Å²) < 4.78 is 0. The molecule has 6 nitrogen and oxygen atoms in total. The molecule has 1 aromatic carbocycles. The molecule has 1 heterocycles. The topological polar surface area (TPSA) is 84.0 Å². The third-order valence-electron chi connectivity index (χ3n) is 3.65. The van der Waals surface area contributed by atoms with Crippen LogP contribution in [0.25, 0.3) is 10.6 Å². The molecular formula is C16H18N4O2S. The van der Waals surface area contributed by atoms with Gasteiger partial charge < -0.3 is 5.32 Å². The standard InChI is InChI=1S/C16H18N4O2S/c1-9-3-5-12(6-4-9)15-19-20-16(23-15)18-13(21)10(2)17-14(22)11-7-8-11/h3-6,10-11H,7-8H2,1-2H3,(H,17,22)(H,18,20,21). The zero-order valence-electron chi connectivity index (χ0n) is 13.0. The number of carbonyl (C=O) groups excluding carboxylic acids is 2. The summed E-state index contributed by atoms with van der Waals surface area (Å²) in [6, 6.07) is 7.37. The van der Waals surface area contributed by atoms with Gasteiger partial charge in [0.15, 0.2) is 0 Å². The highest BCUT2D eigenvalue weighted by Gasteiger charge is 2.31. The Kier molecular flexibility index (Phi) is 4.38. The van der Waals surface area contributed by atoms with Crippen molar-refractivity contribution in [2.45, 2.75) is 32.7 Å². The van der Waals surface area contributed by atoms with Crippen LogP contribution < -0.4 is 10.6 Å². The Morgan fingerprint density at radius 3 is 2.57 bits per heavy atom. The van der Waals surface area contributed by atoms with Gasteiger partial charge in [-0.15, -0.1) is 10.2 Å². The van der Waals surface area contributed by atoms with E-state index in [1.165, 1.54) is 16.9 Å². The summed E-state index contributed by atoms with van der Waals surface area (Å²) in [6.45, 7) is 3.68. The van der Waals surface area contributed by atoms with Crippen LogP contribution in [0.3, 0.4) is 0 Å². The summed E-state index contributed by atoms with van der Waals surface area (Å²) >= 11 is 1.31. The first-order valence-corrected chi connectivity index (χ1v) is 8.36. The van der Waals surface area contributed by atoms with Crippen molar-refractivity contribution in [3.63, 3.8) is 0 Å². The lowest BCUT2D eigenvalue weighted by Gasteiger charge is -2.12. The van der Waals surface area contributed by atoms with Gasteiger partial charge in [-0.2, -0.15) is 0 Å². The maximum absolute atomic E-state index is 12.1. The summed E-state index contributed by atoms with van der Waals surface area (Å²) in [7, 11) is 0. The molecule has 1 saturated carbocycles. The molecule has 1 aromatic heterocycles. The van der Waals surface area contributed by atoms with Crippen LogP contribution >= 0.6 is 11.3 Å². The summed E-state index contributed by atoms with van der Waals surface area (Å²) in [5, 5.41) is 14.7. The third kappa shape index (κ3) is 3.92. The highest BCUT2D eigenvalue weighted by Crippen LogP contribution is 2.29. The monoisotopic (exact) mass is 330 g/mol. The predicted octanol–water partition coefficient (Wildman–Crippen LogP) is 2.37. The molecule has 120 valence electrons. The smallest absolute Gasteiger partial charge is 0.248 e. The van der Waals surface area contributed by atoms with Gasteiger partial charge in [-0.25, -0.2) is 0 Å². The van der Waals surface area contributed by atoms with Gasteiger partial charge in [0.2, 0.25) is 16.9 Å². The van der Waals surface area contributed by atoms with Gasteiger partial charge in [0.1, 0.15) is 11.0 Å². The minimum atomic E-state index is -0.588. The average molecular weight is 330 g/mol. The van der Waals surface area contributed by atoms with E-state index in [1.54, 1.807) is 6.92 Å². The van der Waals surface area contributed by atoms with Crippen molar-refractivity contribution in [3.05, 3.63) is 29.8 Å². The fraction of sp³-hybridized carbons (Fsp3) is 0.375. The number of nitrogens with one attached hydrogen (secondary N) is 2. The van der Waals surface area contributed by atoms with Gasteiger partial charge in [-0.1, -0.05) is 41.2 Å². The molecule has 1 atom stereocenters. The Balaban J connectivity index is 1.60. The predicted molar refractivity (Wildman–Crippen MR) is 89.0 cm³/mol. The SMILES string of the molecule is Cc1ccc(-c2nnc(NC(=O)C(C)NC(=O)C3CC3)s2)cc1. The van der Waals surface area contributed by atoms with Gasteiger partial charge in [-0.05, 0) is 26.7 Å². The van der Waals surface area contributed by atoms with Crippen molar-refractivity contribution in [2.24, 2.45) is 5.92 Å². The lowest BCUT2D eigenvalue weighted by Crippen LogP contribution is -2.42. The second-order valence-electron chi connectivity index (χ2n) is 5.77. The first kappa shape index (κ1) is 15.6. The van der Waals surface area contributed by atoms with Crippen molar-refractivity contribution in [1.82, 2.24) is 15.5 Å². The number of carbonyl (C=O) groups is 2. The van der Waals surface area contributed by atoms with E-state index < -0.39 is 6.04 Å². The highest BCUT2D eigenvalue weighted by atomic mass is 32.1. The molecule has 2 N–H and O–H groups in total. The minimum absolute atomic E-state index is 0.0507. The van der Waals surface area contributed by atoms with E-state index in [0.29, 0.717) is 5.13 Å². The molecular weight excluding hydrogens is 312 g/mol. The minimum Gasteiger partial charge on any atom is -0.344 e. The van der Waals surface area contributed by atoms with E-state index in [0.717, 1.165) is 23.4 Å². The van der Waals surface area contributed by atoms with E-state index in [2.05, 4.69) is 20.8 Å². The van der Waals surface area contributed by atoms with Crippen molar-refractivity contribution >= 4 is 28.3 Å². The number of rotatable bonds is 5. The number of anilines is 1. The quantitative estimate of drug-likeness (QED) is 0.881. The molecule has 0 saturated heterocycles. The summed E-state index contributed by atoms with van der Waals surface area (Å²) in [5.74, 6) is -0.254. The van der Waals surface area contributed by atoms with Crippen molar-refractivity contribution in [1.29, 1.82) is 0 Å². The zero-order valence-corrected chi connectivity index (χ0v) is 13.8. The number of nitrogens with zero attached hydrogens (tertiary/aromatic N) is 2. The Morgan fingerprint density at radius 2 is 1.91 bits per heavy atom. The van der Waals surface area contributed by atoms with Crippen LogP contribution in [0.2, 0.25) is 0 Å². The highest BCUT2D eigenvalue weighted by molar-refractivity contribution is 7.18. The molecule has 0 bridgehead atoms. The molecule has 1 unspecified atom stereocenters. The normalized spacial score (nSPS) is 15.0. The number of benzene rings is 1. The molecule has 7 heteroatoms. The molecule has 0 aliphatic heterocycles. The van der Waals surface area contributed by atoms with Crippen LogP contribution in [0.1, 0.15) is 25.3 Å². The van der Waals surface area contributed by atoms with Gasteiger partial charge in [-0.3, -0.25) is 14.9 Å². The Hall–Kier alpha value is -2.28. The summed E-state index contributed by atoms with van der Waals surface area (Å²) in [4.78, 5) is 23.8. The second-order valence-corrected chi connectivity index (χ2v) is 6.75. The van der Waals surface area contributed by atoms with E-state index in [-0.39, 0.29) is 17.7 Å². The van der Waals surface area contributed by atoms with Gasteiger partial charge in [0.25, 0.3) is 0 Å². The van der Waals surface area contributed by atoms with Crippen molar-refractivity contribution in [3.8, 4) is 10.6 Å². The maximum atomic E-state index is 12.1. The van der Waals surface area contributed by atoms with Crippen molar-refractivity contribution in [2.75, 3.05) is 5.32 Å².